The molecule has 1 rings (SSSR count). The molecule has 0 unspecified atom stereocenters. The van der Waals surface area contributed by atoms with Crippen molar-refractivity contribution < 1.29 is 4.42 Å². The quantitative estimate of drug-likeness (QED) is 0.585. The summed E-state index contributed by atoms with van der Waals surface area (Å²) in [6, 6.07) is 3.91. The van der Waals surface area contributed by atoms with E-state index in [0.29, 0.717) is 6.54 Å². The summed E-state index contributed by atoms with van der Waals surface area (Å²) in [7, 11) is 0. The van der Waals surface area contributed by atoms with Gasteiger partial charge in [-0.05, 0) is 18.9 Å². The van der Waals surface area contributed by atoms with Gasteiger partial charge in [0.25, 0.3) is 0 Å². The topological polar surface area (TPSA) is 25.5 Å². The van der Waals surface area contributed by atoms with Crippen molar-refractivity contribution in [2.45, 2.75) is 19.9 Å². The first-order valence-corrected chi connectivity index (χ1v) is 3.37. The maximum atomic E-state index is 5.34. The molecule has 0 N–H and O–H groups in total. The molecule has 0 spiro atoms. The Morgan fingerprint density at radius 2 is 2.20 bits per heavy atom. The molecule has 0 aromatic carbocycles. The summed E-state index contributed by atoms with van der Waals surface area (Å²) in [5.41, 5.74) is 0. The predicted molar refractivity (Wildman–Crippen MR) is 41.3 cm³/mol. The van der Waals surface area contributed by atoms with Crippen LogP contribution in [-0.4, -0.2) is 6.72 Å². The van der Waals surface area contributed by atoms with Gasteiger partial charge >= 0.3 is 0 Å². The Labute approximate surface area is 60.6 Å². The smallest absolute Gasteiger partial charge is 0.125 e. The van der Waals surface area contributed by atoms with Gasteiger partial charge in [0, 0.05) is 6.42 Å². The van der Waals surface area contributed by atoms with Crippen molar-refractivity contribution in [1.29, 1.82) is 0 Å². The van der Waals surface area contributed by atoms with E-state index in [9.17, 15) is 0 Å². The van der Waals surface area contributed by atoms with Gasteiger partial charge in [-0.25, -0.2) is 0 Å². The monoisotopic (exact) mass is 137 g/mol. The Balaban J connectivity index is 2.67. The highest BCUT2D eigenvalue weighted by molar-refractivity contribution is 5.23. The number of hydrogen-bond donors (Lipinski definition) is 0. The molecule has 1 aromatic rings. The van der Waals surface area contributed by atoms with Gasteiger partial charge in [0.15, 0.2) is 0 Å². The fraction of sp³-hybridized carbons (Fsp3) is 0.375. The second-order valence-electron chi connectivity index (χ2n) is 2.10. The minimum atomic E-state index is 0.583. The average molecular weight is 137 g/mol. The number of furan rings is 1. The molecule has 2 nitrogen and oxygen atoms in total. The van der Waals surface area contributed by atoms with Gasteiger partial charge in [0.05, 0.1) is 6.54 Å². The molecule has 0 saturated carbocycles. The van der Waals surface area contributed by atoms with Crippen molar-refractivity contribution >= 4 is 6.72 Å². The zero-order chi connectivity index (χ0) is 7.40. The molecule has 0 aliphatic carbocycles. The third-order valence-corrected chi connectivity index (χ3v) is 1.33. The second kappa shape index (κ2) is 3.20. The predicted octanol–water partition coefficient (Wildman–Crippen LogP) is 2.04. The van der Waals surface area contributed by atoms with Crippen LogP contribution in [0.3, 0.4) is 0 Å². The maximum absolute atomic E-state index is 5.34. The van der Waals surface area contributed by atoms with Crippen LogP contribution in [-0.2, 0) is 13.0 Å². The standard InChI is InChI=1S/C8H11NO/c1-3-7-4-5-8(10-7)6-9-2/h4-5H,2-3,6H2,1H3. The molecule has 10 heavy (non-hydrogen) atoms. The molecule has 1 aromatic heterocycles. The lowest BCUT2D eigenvalue weighted by molar-refractivity contribution is 0.472. The van der Waals surface area contributed by atoms with E-state index in [4.69, 9.17) is 4.42 Å². The Hall–Kier alpha value is -1.05. The van der Waals surface area contributed by atoms with Crippen molar-refractivity contribution in [2.24, 2.45) is 4.99 Å². The van der Waals surface area contributed by atoms with E-state index in [-0.39, 0.29) is 0 Å². The zero-order valence-electron chi connectivity index (χ0n) is 6.13. The molecule has 0 amide bonds. The Morgan fingerprint density at radius 1 is 1.50 bits per heavy atom. The van der Waals surface area contributed by atoms with Crippen LogP contribution in [0.25, 0.3) is 0 Å². The molecule has 1 heterocycles. The fourth-order valence-electron chi connectivity index (χ4n) is 0.808. The van der Waals surface area contributed by atoms with E-state index in [0.717, 1.165) is 17.9 Å². The van der Waals surface area contributed by atoms with Crippen molar-refractivity contribution in [3.05, 3.63) is 23.7 Å². The summed E-state index contributed by atoms with van der Waals surface area (Å²) >= 11 is 0. The second-order valence-corrected chi connectivity index (χ2v) is 2.10. The summed E-state index contributed by atoms with van der Waals surface area (Å²) in [4.78, 5) is 3.71. The summed E-state index contributed by atoms with van der Waals surface area (Å²) in [6.07, 6.45) is 0.942. The largest absolute Gasteiger partial charge is 0.464 e. The molecule has 54 valence electrons. The van der Waals surface area contributed by atoms with Gasteiger partial charge < -0.3 is 4.42 Å². The van der Waals surface area contributed by atoms with E-state index in [1.807, 2.05) is 12.1 Å². The summed E-state index contributed by atoms with van der Waals surface area (Å²) < 4.78 is 5.34. The van der Waals surface area contributed by atoms with Gasteiger partial charge in [0.1, 0.15) is 11.5 Å². The van der Waals surface area contributed by atoms with Crippen LogP contribution in [0, 0.1) is 0 Å². The van der Waals surface area contributed by atoms with Crippen LogP contribution in [0.1, 0.15) is 18.4 Å². The van der Waals surface area contributed by atoms with Crippen molar-refractivity contribution in [3.8, 4) is 0 Å². The third kappa shape index (κ3) is 1.47. The van der Waals surface area contributed by atoms with Gasteiger partial charge in [-0.3, -0.25) is 4.99 Å². The number of aliphatic imine (C=N–C) groups is 1. The van der Waals surface area contributed by atoms with Crippen LogP contribution in [0.4, 0.5) is 0 Å². The first-order chi connectivity index (χ1) is 4.86. The molecule has 0 fully saturated rings. The molecule has 0 radical (unpaired) electrons. The number of nitrogens with zero attached hydrogens (tertiary/aromatic N) is 1. The molecular weight excluding hydrogens is 126 g/mol. The maximum Gasteiger partial charge on any atom is 0.125 e. The first-order valence-electron chi connectivity index (χ1n) is 3.37. The number of hydrogen-bond acceptors (Lipinski definition) is 2. The highest BCUT2D eigenvalue weighted by atomic mass is 16.3. The Bertz CT molecular complexity index is 215. The van der Waals surface area contributed by atoms with Crippen LogP contribution in [0.2, 0.25) is 0 Å². The molecular formula is C8H11NO. The van der Waals surface area contributed by atoms with E-state index < -0.39 is 0 Å². The lowest BCUT2D eigenvalue weighted by Gasteiger charge is -1.87. The lowest BCUT2D eigenvalue weighted by Crippen LogP contribution is -1.73. The molecule has 0 bridgehead atoms. The lowest BCUT2D eigenvalue weighted by atomic mass is 10.4. The highest BCUT2D eigenvalue weighted by Gasteiger charge is 1.96. The van der Waals surface area contributed by atoms with Crippen LogP contribution >= 0.6 is 0 Å². The normalized spacial score (nSPS) is 9.70. The minimum absolute atomic E-state index is 0.583. The van der Waals surface area contributed by atoms with Crippen LogP contribution < -0.4 is 0 Å². The zero-order valence-corrected chi connectivity index (χ0v) is 6.13. The van der Waals surface area contributed by atoms with Crippen molar-refractivity contribution in [3.63, 3.8) is 0 Å². The van der Waals surface area contributed by atoms with E-state index >= 15 is 0 Å². The van der Waals surface area contributed by atoms with E-state index in [1.165, 1.54) is 0 Å². The van der Waals surface area contributed by atoms with Crippen molar-refractivity contribution in [1.82, 2.24) is 0 Å². The van der Waals surface area contributed by atoms with Gasteiger partial charge in [-0.15, -0.1) is 0 Å². The van der Waals surface area contributed by atoms with Crippen LogP contribution in [0.15, 0.2) is 21.5 Å². The molecule has 2 heteroatoms. The van der Waals surface area contributed by atoms with Crippen LogP contribution in [0.5, 0.6) is 0 Å². The van der Waals surface area contributed by atoms with Gasteiger partial charge in [-0.1, -0.05) is 6.92 Å². The average Bonchev–Trinajstić information content (AvgIpc) is 2.37. The molecule has 0 aliphatic rings. The van der Waals surface area contributed by atoms with Gasteiger partial charge in [0.2, 0.25) is 0 Å². The SMILES string of the molecule is C=NCc1ccc(CC)o1. The van der Waals surface area contributed by atoms with E-state index in [1.54, 1.807) is 0 Å². The third-order valence-electron chi connectivity index (χ3n) is 1.33. The Morgan fingerprint density at radius 3 is 2.70 bits per heavy atom. The van der Waals surface area contributed by atoms with Gasteiger partial charge in [-0.2, -0.15) is 0 Å². The summed E-state index contributed by atoms with van der Waals surface area (Å²) in [5, 5.41) is 0. The summed E-state index contributed by atoms with van der Waals surface area (Å²) in [5.74, 6) is 1.91. The Kier molecular flexibility index (Phi) is 2.26. The number of rotatable bonds is 3. The van der Waals surface area contributed by atoms with Crippen molar-refractivity contribution in [2.75, 3.05) is 0 Å². The van der Waals surface area contributed by atoms with E-state index in [2.05, 4.69) is 18.6 Å². The molecule has 0 saturated heterocycles. The molecule has 0 atom stereocenters. The molecule has 0 aliphatic heterocycles. The highest BCUT2D eigenvalue weighted by Crippen LogP contribution is 2.08. The fourth-order valence-corrected chi connectivity index (χ4v) is 0.808. The number of aryl methyl sites for hydroxylation is 1. The first kappa shape index (κ1) is 7.06. The summed E-state index contributed by atoms with van der Waals surface area (Å²) in [6.45, 7) is 6.02. The minimum Gasteiger partial charge on any atom is -0.464 e.